The number of nitrogens with zero attached hydrogens (tertiary/aromatic N) is 1. The van der Waals surface area contributed by atoms with Gasteiger partial charge in [-0.2, -0.15) is 0 Å². The topological polar surface area (TPSA) is 60.8 Å². The first-order valence-electron chi connectivity index (χ1n) is 4.05. The van der Waals surface area contributed by atoms with Gasteiger partial charge in [-0.3, -0.25) is 4.90 Å². The highest BCUT2D eigenvalue weighted by atomic mass is 79.9. The summed E-state index contributed by atoms with van der Waals surface area (Å²) in [5, 5.41) is 18.4. The van der Waals surface area contributed by atoms with Gasteiger partial charge in [0.2, 0.25) is 0 Å². The summed E-state index contributed by atoms with van der Waals surface area (Å²) in [4.78, 5) is 11.7. The fourth-order valence-electron chi connectivity index (χ4n) is 1.57. The number of benzene rings is 1. The second-order valence-electron chi connectivity index (χ2n) is 3.13. The van der Waals surface area contributed by atoms with Gasteiger partial charge >= 0.3 is 6.09 Å². The number of aliphatic hydroxyl groups excluding tert-OH is 1. The Morgan fingerprint density at radius 2 is 2.29 bits per heavy atom. The van der Waals surface area contributed by atoms with E-state index in [0.29, 0.717) is 5.56 Å². The van der Waals surface area contributed by atoms with E-state index < -0.39 is 12.3 Å². The van der Waals surface area contributed by atoms with E-state index >= 15 is 0 Å². The molecule has 0 saturated carbocycles. The number of carbonyl (C=O) groups is 1. The molecule has 1 atom stereocenters. The van der Waals surface area contributed by atoms with Crippen LogP contribution in [-0.4, -0.2) is 21.2 Å². The van der Waals surface area contributed by atoms with Crippen LogP contribution in [0.15, 0.2) is 22.7 Å². The minimum atomic E-state index is -1.11. The van der Waals surface area contributed by atoms with Gasteiger partial charge in [0, 0.05) is 10.0 Å². The summed E-state index contributed by atoms with van der Waals surface area (Å²) in [5.41, 5.74) is 1.50. The van der Waals surface area contributed by atoms with Crippen LogP contribution in [0.3, 0.4) is 0 Å². The fraction of sp³-hybridized carbons (Fsp3) is 0.222. The van der Waals surface area contributed by atoms with Crippen molar-refractivity contribution in [1.82, 2.24) is 4.90 Å². The highest BCUT2D eigenvalue weighted by molar-refractivity contribution is 9.10. The number of rotatable bonds is 0. The van der Waals surface area contributed by atoms with Crippen molar-refractivity contribution >= 4 is 22.0 Å². The van der Waals surface area contributed by atoms with Crippen molar-refractivity contribution < 1.29 is 15.0 Å². The van der Waals surface area contributed by atoms with Crippen LogP contribution in [-0.2, 0) is 6.54 Å². The molecule has 0 fully saturated rings. The number of halogens is 1. The molecule has 0 saturated heterocycles. The molecule has 2 rings (SSSR count). The molecule has 1 aromatic carbocycles. The van der Waals surface area contributed by atoms with Crippen molar-refractivity contribution in [2.24, 2.45) is 0 Å². The van der Waals surface area contributed by atoms with Crippen molar-refractivity contribution in [1.29, 1.82) is 0 Å². The van der Waals surface area contributed by atoms with Crippen LogP contribution >= 0.6 is 15.9 Å². The molecule has 1 heterocycles. The van der Waals surface area contributed by atoms with Gasteiger partial charge < -0.3 is 10.2 Å². The minimum Gasteiger partial charge on any atom is -0.465 e. The molecule has 74 valence electrons. The van der Waals surface area contributed by atoms with Crippen LogP contribution in [0.5, 0.6) is 0 Å². The van der Waals surface area contributed by atoms with E-state index in [1.165, 1.54) is 0 Å². The number of fused-ring (bicyclic) bond motifs is 1. The molecule has 1 aromatic rings. The van der Waals surface area contributed by atoms with E-state index in [1.54, 1.807) is 12.1 Å². The van der Waals surface area contributed by atoms with Gasteiger partial charge in [-0.1, -0.05) is 22.0 Å². The summed E-state index contributed by atoms with van der Waals surface area (Å²) in [6.07, 6.45) is -2.14. The van der Waals surface area contributed by atoms with E-state index in [4.69, 9.17) is 5.11 Å². The summed E-state index contributed by atoms with van der Waals surface area (Å²) >= 11 is 3.29. The fourth-order valence-corrected chi connectivity index (χ4v) is 1.98. The van der Waals surface area contributed by atoms with Crippen LogP contribution in [0.1, 0.15) is 17.4 Å². The molecule has 4 nitrogen and oxygen atoms in total. The molecule has 0 aliphatic carbocycles. The summed E-state index contributed by atoms with van der Waals surface area (Å²) in [5.74, 6) is 0. The minimum absolute atomic E-state index is 0.241. The Kier molecular flexibility index (Phi) is 2.20. The van der Waals surface area contributed by atoms with Gasteiger partial charge in [-0.05, 0) is 17.7 Å². The monoisotopic (exact) mass is 257 g/mol. The zero-order chi connectivity index (χ0) is 10.3. The Morgan fingerprint density at radius 3 is 2.93 bits per heavy atom. The van der Waals surface area contributed by atoms with Crippen molar-refractivity contribution in [2.75, 3.05) is 0 Å². The van der Waals surface area contributed by atoms with Crippen molar-refractivity contribution in [3.63, 3.8) is 0 Å². The Morgan fingerprint density at radius 1 is 1.57 bits per heavy atom. The standard InChI is InChI=1S/C9H8BrNO3/c10-6-1-2-7-5(3-6)4-11(8(7)12)9(13)14/h1-3,8,12H,4H2,(H,13,14). The zero-order valence-corrected chi connectivity index (χ0v) is 8.73. The number of aliphatic hydroxyl groups is 1. The van der Waals surface area contributed by atoms with E-state index in [9.17, 15) is 9.90 Å². The van der Waals surface area contributed by atoms with Gasteiger partial charge in [0.1, 0.15) is 0 Å². The lowest BCUT2D eigenvalue weighted by Gasteiger charge is -2.15. The Labute approximate surface area is 88.9 Å². The third kappa shape index (κ3) is 1.38. The Hall–Kier alpha value is -1.07. The summed E-state index contributed by atoms with van der Waals surface area (Å²) in [6.45, 7) is 0.241. The van der Waals surface area contributed by atoms with Crippen LogP contribution in [0.2, 0.25) is 0 Å². The highest BCUT2D eigenvalue weighted by Gasteiger charge is 2.31. The molecule has 1 unspecified atom stereocenters. The average molecular weight is 258 g/mol. The first kappa shape index (κ1) is 9.48. The molecule has 2 N–H and O–H groups in total. The summed E-state index contributed by atoms with van der Waals surface area (Å²) in [6, 6.07) is 5.34. The summed E-state index contributed by atoms with van der Waals surface area (Å²) in [7, 11) is 0. The smallest absolute Gasteiger partial charge is 0.409 e. The molecular formula is C9H8BrNO3. The third-order valence-electron chi connectivity index (χ3n) is 2.26. The van der Waals surface area contributed by atoms with Gasteiger partial charge in [-0.15, -0.1) is 0 Å². The Balaban J connectivity index is 2.40. The molecule has 5 heteroatoms. The number of carboxylic acid groups (broad SMARTS) is 1. The van der Waals surface area contributed by atoms with Crippen LogP contribution < -0.4 is 0 Å². The van der Waals surface area contributed by atoms with Gasteiger partial charge in [0.15, 0.2) is 6.23 Å². The van der Waals surface area contributed by atoms with Gasteiger partial charge in [-0.25, -0.2) is 4.79 Å². The maximum atomic E-state index is 10.7. The first-order chi connectivity index (χ1) is 6.59. The number of amides is 1. The van der Waals surface area contributed by atoms with Crippen molar-refractivity contribution in [3.05, 3.63) is 33.8 Å². The molecule has 1 aliphatic rings. The molecule has 14 heavy (non-hydrogen) atoms. The third-order valence-corrected chi connectivity index (χ3v) is 2.76. The van der Waals surface area contributed by atoms with E-state index in [2.05, 4.69) is 15.9 Å². The van der Waals surface area contributed by atoms with Gasteiger partial charge in [0.05, 0.1) is 6.54 Å². The van der Waals surface area contributed by atoms with E-state index in [-0.39, 0.29) is 6.54 Å². The maximum Gasteiger partial charge on any atom is 0.409 e. The molecule has 0 radical (unpaired) electrons. The predicted molar refractivity (Wildman–Crippen MR) is 52.7 cm³/mol. The largest absolute Gasteiger partial charge is 0.465 e. The zero-order valence-electron chi connectivity index (χ0n) is 7.14. The molecule has 0 spiro atoms. The Bertz CT molecular complexity index is 394. The average Bonchev–Trinajstić information content (AvgIpc) is 2.43. The lowest BCUT2D eigenvalue weighted by atomic mass is 10.1. The second kappa shape index (κ2) is 3.25. The SMILES string of the molecule is O=C(O)N1Cc2cc(Br)ccc2C1O. The van der Waals surface area contributed by atoms with Crippen LogP contribution in [0.25, 0.3) is 0 Å². The van der Waals surface area contributed by atoms with Crippen LogP contribution in [0.4, 0.5) is 4.79 Å². The second-order valence-corrected chi connectivity index (χ2v) is 4.04. The molecule has 1 aliphatic heterocycles. The maximum absolute atomic E-state index is 10.7. The van der Waals surface area contributed by atoms with Crippen molar-refractivity contribution in [3.8, 4) is 0 Å². The first-order valence-corrected chi connectivity index (χ1v) is 4.85. The molecular weight excluding hydrogens is 250 g/mol. The lowest BCUT2D eigenvalue weighted by molar-refractivity contribution is 0.0210. The number of hydrogen-bond donors (Lipinski definition) is 2. The molecule has 0 aromatic heterocycles. The highest BCUT2D eigenvalue weighted by Crippen LogP contribution is 2.33. The summed E-state index contributed by atoms with van der Waals surface area (Å²) < 4.78 is 0.885. The number of hydrogen-bond acceptors (Lipinski definition) is 2. The van der Waals surface area contributed by atoms with E-state index in [0.717, 1.165) is 14.9 Å². The lowest BCUT2D eigenvalue weighted by Crippen LogP contribution is -2.27. The van der Waals surface area contributed by atoms with Crippen molar-refractivity contribution in [2.45, 2.75) is 12.8 Å². The molecule has 1 amide bonds. The van der Waals surface area contributed by atoms with Crippen LogP contribution in [0, 0.1) is 0 Å². The molecule has 0 bridgehead atoms. The van der Waals surface area contributed by atoms with E-state index in [1.807, 2.05) is 6.07 Å². The normalized spacial score (nSPS) is 19.6. The quantitative estimate of drug-likeness (QED) is 0.747. The van der Waals surface area contributed by atoms with Gasteiger partial charge in [0.25, 0.3) is 0 Å². The predicted octanol–water partition coefficient (Wildman–Crippen LogP) is 1.93.